The molecule has 0 amide bonds. The Morgan fingerprint density at radius 2 is 1.24 bits per heavy atom. The van der Waals surface area contributed by atoms with E-state index in [9.17, 15) is 0 Å². The van der Waals surface area contributed by atoms with Crippen molar-refractivity contribution in [3.8, 4) is 0 Å². The summed E-state index contributed by atoms with van der Waals surface area (Å²) < 4.78 is 15.7. The minimum atomic E-state index is -0.875. The average molecular weight is 301 g/mol. The molecule has 4 heteroatoms. The Morgan fingerprint density at radius 1 is 0.810 bits per heavy atom. The zero-order valence-corrected chi connectivity index (χ0v) is 13.3. The Morgan fingerprint density at radius 3 is 1.62 bits per heavy atom. The molecule has 3 nitrogen and oxygen atoms in total. The highest BCUT2D eigenvalue weighted by molar-refractivity contribution is 7.71. The summed E-state index contributed by atoms with van der Waals surface area (Å²) in [5, 5.41) is 2.35. The van der Waals surface area contributed by atoms with Crippen molar-refractivity contribution in [3.63, 3.8) is 0 Å². The largest absolute Gasteiger partial charge is 0.451 e. The fourth-order valence-corrected chi connectivity index (χ4v) is 3.55. The van der Waals surface area contributed by atoms with Crippen LogP contribution in [0.1, 0.15) is 13.8 Å². The Bertz CT molecular complexity index is 510. The lowest BCUT2D eigenvalue weighted by Crippen LogP contribution is -2.15. The monoisotopic (exact) mass is 301 g/mol. The second kappa shape index (κ2) is 8.43. The fraction of sp³-hybridized carbons (Fsp3) is 0.235. The summed E-state index contributed by atoms with van der Waals surface area (Å²) in [5.74, 6) is 0. The zero-order chi connectivity index (χ0) is 14.9. The van der Waals surface area contributed by atoms with E-state index in [0.717, 1.165) is 0 Å². The van der Waals surface area contributed by atoms with Crippen LogP contribution in [-0.4, -0.2) is 19.3 Å². The Kier molecular flexibility index (Phi) is 6.23. The van der Waals surface area contributed by atoms with E-state index in [4.69, 9.17) is 14.2 Å². The Balaban J connectivity index is 2.38. The molecule has 110 valence electrons. The smallest absolute Gasteiger partial charge is 0.387 e. The number of hydrogen-bond donors (Lipinski definition) is 0. The van der Waals surface area contributed by atoms with Gasteiger partial charge in [-0.3, -0.25) is 0 Å². The maximum atomic E-state index is 5.50. The Hall–Kier alpha value is -1.86. The molecule has 0 saturated carbocycles. The topological polar surface area (TPSA) is 30.8 Å². The molecule has 0 heterocycles. The molecule has 0 bridgehead atoms. The minimum absolute atomic E-state index is 0.374. The summed E-state index contributed by atoms with van der Waals surface area (Å²) >= 11 is 0. The van der Waals surface area contributed by atoms with E-state index in [-0.39, 0.29) is 0 Å². The van der Waals surface area contributed by atoms with Crippen LogP contribution in [0.5, 0.6) is 0 Å². The van der Waals surface area contributed by atoms with Gasteiger partial charge in [0.2, 0.25) is 0 Å². The van der Waals surface area contributed by atoms with Crippen molar-refractivity contribution in [1.82, 2.24) is 0 Å². The average Bonchev–Trinajstić information content (AvgIpc) is 2.54. The molecule has 0 saturated heterocycles. The number of rotatable bonds is 5. The van der Waals surface area contributed by atoms with E-state index >= 15 is 0 Å². The summed E-state index contributed by atoms with van der Waals surface area (Å²) in [6, 6.07) is 20.5. The molecular formula is C17H20NO2P. The van der Waals surface area contributed by atoms with Crippen LogP contribution in [0.25, 0.3) is 0 Å². The molecule has 0 aliphatic rings. The molecule has 0 aromatic heterocycles. The highest BCUT2D eigenvalue weighted by Gasteiger charge is 2.15. The van der Waals surface area contributed by atoms with Crippen molar-refractivity contribution in [2.24, 2.45) is 4.76 Å². The number of nitrogens with zero attached hydrogens (tertiary/aromatic N) is 1. The van der Waals surface area contributed by atoms with Crippen LogP contribution in [0.3, 0.4) is 0 Å². The van der Waals surface area contributed by atoms with Crippen LogP contribution >= 0.6 is 8.07 Å². The number of hydrogen-bond acceptors (Lipinski definition) is 3. The molecule has 0 aliphatic carbocycles. The van der Waals surface area contributed by atoms with Gasteiger partial charge in [0.25, 0.3) is 0 Å². The van der Waals surface area contributed by atoms with Crippen molar-refractivity contribution >= 4 is 24.8 Å². The highest BCUT2D eigenvalue weighted by Crippen LogP contribution is 2.35. The summed E-state index contributed by atoms with van der Waals surface area (Å²) in [7, 11) is -0.875. The third-order valence-electron chi connectivity index (χ3n) is 2.72. The fourth-order valence-electron chi connectivity index (χ4n) is 1.83. The molecule has 0 spiro atoms. The van der Waals surface area contributed by atoms with Gasteiger partial charge in [-0.25, -0.2) is 0 Å². The van der Waals surface area contributed by atoms with Crippen molar-refractivity contribution in [1.29, 1.82) is 0 Å². The van der Waals surface area contributed by atoms with Gasteiger partial charge in [-0.15, -0.1) is 0 Å². The van der Waals surface area contributed by atoms with Crippen LogP contribution < -0.4 is 10.6 Å². The summed E-state index contributed by atoms with van der Waals surface area (Å²) in [5.41, 5.74) is 0. The minimum Gasteiger partial charge on any atom is -0.451 e. The van der Waals surface area contributed by atoms with Crippen molar-refractivity contribution in [3.05, 3.63) is 60.7 Å². The van der Waals surface area contributed by atoms with Gasteiger partial charge < -0.3 is 9.47 Å². The van der Waals surface area contributed by atoms with Crippen LogP contribution in [-0.2, 0) is 9.47 Å². The van der Waals surface area contributed by atoms with Gasteiger partial charge in [0.05, 0.1) is 21.3 Å². The van der Waals surface area contributed by atoms with Gasteiger partial charge in [0.1, 0.15) is 0 Å². The molecule has 0 N–H and O–H groups in total. The summed E-state index contributed by atoms with van der Waals surface area (Å²) in [6.07, 6.45) is 0.374. The molecule has 0 aliphatic heterocycles. The lowest BCUT2D eigenvalue weighted by Gasteiger charge is -2.15. The van der Waals surface area contributed by atoms with E-state index in [2.05, 4.69) is 24.3 Å². The summed E-state index contributed by atoms with van der Waals surface area (Å²) in [4.78, 5) is 0. The molecule has 2 aromatic carbocycles. The van der Waals surface area contributed by atoms with Crippen molar-refractivity contribution in [2.75, 3.05) is 13.2 Å². The lowest BCUT2D eigenvalue weighted by molar-refractivity contribution is 0.183. The maximum absolute atomic E-state index is 5.50. The molecule has 0 radical (unpaired) electrons. The third kappa shape index (κ3) is 4.57. The first kappa shape index (κ1) is 15.5. The second-order valence-electron chi connectivity index (χ2n) is 4.21. The van der Waals surface area contributed by atoms with Gasteiger partial charge in [-0.05, 0) is 13.8 Å². The molecule has 0 unspecified atom stereocenters. The molecule has 21 heavy (non-hydrogen) atoms. The van der Waals surface area contributed by atoms with Crippen LogP contribution in [0.15, 0.2) is 65.4 Å². The van der Waals surface area contributed by atoms with E-state index in [1.54, 1.807) is 0 Å². The molecule has 0 fully saturated rings. The van der Waals surface area contributed by atoms with Gasteiger partial charge in [0.15, 0.2) is 0 Å². The Labute approximate surface area is 127 Å². The molecule has 2 aromatic rings. The molecular weight excluding hydrogens is 281 g/mol. The molecule has 2 rings (SSSR count). The van der Waals surface area contributed by atoms with Gasteiger partial charge >= 0.3 is 6.08 Å². The van der Waals surface area contributed by atoms with Crippen molar-refractivity contribution in [2.45, 2.75) is 13.8 Å². The van der Waals surface area contributed by atoms with Crippen molar-refractivity contribution < 1.29 is 9.47 Å². The maximum Gasteiger partial charge on any atom is 0.387 e. The van der Waals surface area contributed by atoms with E-state index in [0.29, 0.717) is 19.3 Å². The standard InChI is InChI=1S/C17H20NO2P/c1-3-19-17(20-4-2)18-21(15-11-7-5-8-12-15)16-13-9-6-10-14-16/h5-14H,3-4H2,1-2H3. The van der Waals surface area contributed by atoms with Crippen LogP contribution in [0, 0.1) is 0 Å². The van der Waals surface area contributed by atoms with E-state index in [1.807, 2.05) is 50.2 Å². The first-order valence-electron chi connectivity index (χ1n) is 7.09. The van der Waals surface area contributed by atoms with Crippen LogP contribution in [0.2, 0.25) is 0 Å². The quantitative estimate of drug-likeness (QED) is 0.481. The predicted octanol–water partition coefficient (Wildman–Crippen LogP) is 3.46. The summed E-state index contributed by atoms with van der Waals surface area (Å²) in [6.45, 7) is 4.96. The lowest BCUT2D eigenvalue weighted by atomic mass is 10.4. The van der Waals surface area contributed by atoms with Gasteiger partial charge in [0, 0.05) is 10.6 Å². The first-order valence-corrected chi connectivity index (χ1v) is 8.39. The number of benzene rings is 2. The zero-order valence-electron chi connectivity index (χ0n) is 12.4. The predicted molar refractivity (Wildman–Crippen MR) is 89.8 cm³/mol. The van der Waals surface area contributed by atoms with E-state index < -0.39 is 8.07 Å². The molecule has 0 atom stereocenters. The van der Waals surface area contributed by atoms with Gasteiger partial charge in [-0.2, -0.15) is 4.76 Å². The van der Waals surface area contributed by atoms with Gasteiger partial charge in [-0.1, -0.05) is 60.7 Å². The first-order chi connectivity index (χ1) is 10.3. The number of ether oxygens (including phenoxy) is 2. The normalized spacial score (nSPS) is 10.2. The second-order valence-corrected chi connectivity index (χ2v) is 6.07. The van der Waals surface area contributed by atoms with E-state index in [1.165, 1.54) is 10.6 Å². The van der Waals surface area contributed by atoms with Crippen LogP contribution in [0.4, 0.5) is 0 Å². The third-order valence-corrected chi connectivity index (χ3v) is 4.66. The SMILES string of the molecule is CCOC(=NP(c1ccccc1)c1ccccc1)OCC. The highest BCUT2D eigenvalue weighted by atomic mass is 31.1.